The summed E-state index contributed by atoms with van der Waals surface area (Å²) >= 11 is 12.1. The molecule has 0 saturated heterocycles. The maximum atomic E-state index is 6.17. The number of furan rings is 1. The van der Waals surface area contributed by atoms with Crippen LogP contribution >= 0.6 is 23.2 Å². The van der Waals surface area contributed by atoms with Gasteiger partial charge in [-0.1, -0.05) is 43.5 Å². The molecule has 2 aromatic rings. The van der Waals surface area contributed by atoms with Crippen molar-refractivity contribution in [1.29, 1.82) is 0 Å². The highest BCUT2D eigenvalue weighted by atomic mass is 35.5. The van der Waals surface area contributed by atoms with E-state index in [1.807, 2.05) is 6.07 Å². The number of nitrogens with one attached hydrogen (secondary N) is 1. The maximum absolute atomic E-state index is 6.17. The van der Waals surface area contributed by atoms with Crippen molar-refractivity contribution in [2.45, 2.75) is 32.7 Å². The van der Waals surface area contributed by atoms with Gasteiger partial charge in [-0.15, -0.1) is 0 Å². The van der Waals surface area contributed by atoms with Crippen LogP contribution in [0.5, 0.6) is 0 Å². The molecule has 1 atom stereocenters. The van der Waals surface area contributed by atoms with Crippen molar-refractivity contribution in [2.75, 3.05) is 6.54 Å². The summed E-state index contributed by atoms with van der Waals surface area (Å²) in [6.07, 6.45) is 2.14. The van der Waals surface area contributed by atoms with Gasteiger partial charge in [0.2, 0.25) is 0 Å². The van der Waals surface area contributed by atoms with E-state index in [-0.39, 0.29) is 6.04 Å². The van der Waals surface area contributed by atoms with E-state index in [1.165, 1.54) is 0 Å². The van der Waals surface area contributed by atoms with E-state index in [1.54, 1.807) is 12.1 Å². The molecule has 0 amide bonds. The van der Waals surface area contributed by atoms with Crippen LogP contribution in [-0.2, 0) is 0 Å². The molecule has 0 aliphatic heterocycles. The molecule has 1 aromatic carbocycles. The topological polar surface area (TPSA) is 25.2 Å². The molecule has 98 valence electrons. The number of hydrogen-bond donors (Lipinski definition) is 1. The monoisotopic (exact) mass is 285 g/mol. The van der Waals surface area contributed by atoms with E-state index >= 15 is 0 Å². The summed E-state index contributed by atoms with van der Waals surface area (Å²) in [6.45, 7) is 5.17. The Labute approximate surface area is 117 Å². The molecule has 1 heterocycles. The van der Waals surface area contributed by atoms with Gasteiger partial charge in [0.25, 0.3) is 0 Å². The fourth-order valence-corrected chi connectivity index (χ4v) is 2.67. The summed E-state index contributed by atoms with van der Waals surface area (Å²) in [7, 11) is 0. The second-order valence-electron chi connectivity index (χ2n) is 4.35. The first-order valence-electron chi connectivity index (χ1n) is 6.27. The summed E-state index contributed by atoms with van der Waals surface area (Å²) in [5, 5.41) is 5.59. The molecule has 0 fully saturated rings. The van der Waals surface area contributed by atoms with E-state index in [4.69, 9.17) is 27.6 Å². The third-order valence-corrected chi connectivity index (χ3v) is 3.47. The van der Waals surface area contributed by atoms with E-state index in [2.05, 4.69) is 19.2 Å². The first-order chi connectivity index (χ1) is 8.65. The summed E-state index contributed by atoms with van der Waals surface area (Å²) in [5.74, 6) is 0.929. The van der Waals surface area contributed by atoms with E-state index < -0.39 is 0 Å². The molecule has 0 radical (unpaired) electrons. The van der Waals surface area contributed by atoms with Crippen LogP contribution < -0.4 is 5.32 Å². The molecule has 4 heteroatoms. The van der Waals surface area contributed by atoms with Crippen molar-refractivity contribution >= 4 is 34.2 Å². The van der Waals surface area contributed by atoms with Gasteiger partial charge in [0, 0.05) is 16.5 Å². The minimum atomic E-state index is 0.238. The van der Waals surface area contributed by atoms with Crippen LogP contribution in [0.2, 0.25) is 10.0 Å². The number of rotatable bonds is 5. The third-order valence-electron chi connectivity index (χ3n) is 2.94. The van der Waals surface area contributed by atoms with Gasteiger partial charge in [0.05, 0.1) is 11.1 Å². The lowest BCUT2D eigenvalue weighted by molar-refractivity contribution is 0.414. The van der Waals surface area contributed by atoms with Crippen molar-refractivity contribution in [1.82, 2.24) is 5.32 Å². The highest BCUT2D eigenvalue weighted by molar-refractivity contribution is 6.38. The highest BCUT2D eigenvalue weighted by Crippen LogP contribution is 2.33. The Morgan fingerprint density at radius 2 is 2.00 bits per heavy atom. The van der Waals surface area contributed by atoms with Crippen molar-refractivity contribution in [3.05, 3.63) is 34.0 Å². The Balaban J connectivity index is 2.41. The molecule has 1 aromatic heterocycles. The molecule has 0 aliphatic carbocycles. The molecule has 1 unspecified atom stereocenters. The summed E-state index contributed by atoms with van der Waals surface area (Å²) in [5.41, 5.74) is 0.751. The molecule has 1 N–H and O–H groups in total. The first-order valence-corrected chi connectivity index (χ1v) is 7.03. The van der Waals surface area contributed by atoms with Crippen molar-refractivity contribution in [3.8, 4) is 0 Å². The van der Waals surface area contributed by atoms with Gasteiger partial charge in [-0.3, -0.25) is 0 Å². The van der Waals surface area contributed by atoms with Crippen LogP contribution in [0.25, 0.3) is 11.0 Å². The Morgan fingerprint density at radius 3 is 2.67 bits per heavy atom. The van der Waals surface area contributed by atoms with E-state index in [9.17, 15) is 0 Å². The highest BCUT2D eigenvalue weighted by Gasteiger charge is 2.16. The Kier molecular flexibility index (Phi) is 4.55. The molecule has 2 nitrogen and oxygen atoms in total. The average molecular weight is 286 g/mol. The van der Waals surface area contributed by atoms with Crippen LogP contribution in [-0.4, -0.2) is 6.54 Å². The number of fused-ring (bicyclic) bond motifs is 1. The summed E-state index contributed by atoms with van der Waals surface area (Å²) in [4.78, 5) is 0. The van der Waals surface area contributed by atoms with Crippen LogP contribution in [0.3, 0.4) is 0 Å². The molecular formula is C14H17Cl2NO. The summed E-state index contributed by atoms with van der Waals surface area (Å²) in [6, 6.07) is 5.80. The lowest BCUT2D eigenvalue weighted by Crippen LogP contribution is -2.20. The predicted octanol–water partition coefficient (Wildman–Crippen LogP) is 5.19. The van der Waals surface area contributed by atoms with Gasteiger partial charge in [-0.25, -0.2) is 0 Å². The Morgan fingerprint density at radius 1 is 1.22 bits per heavy atom. The quantitative estimate of drug-likeness (QED) is 0.818. The third kappa shape index (κ3) is 2.82. The van der Waals surface area contributed by atoms with Gasteiger partial charge in [-0.2, -0.15) is 0 Å². The van der Waals surface area contributed by atoms with Crippen LogP contribution in [0, 0.1) is 0 Å². The zero-order chi connectivity index (χ0) is 13.1. The second-order valence-corrected chi connectivity index (χ2v) is 5.19. The van der Waals surface area contributed by atoms with Crippen LogP contribution in [0.1, 0.15) is 38.5 Å². The zero-order valence-electron chi connectivity index (χ0n) is 10.6. The Hall–Kier alpha value is -0.700. The normalized spacial score (nSPS) is 13.1. The van der Waals surface area contributed by atoms with E-state index in [0.29, 0.717) is 10.0 Å². The number of hydrogen-bond acceptors (Lipinski definition) is 2. The predicted molar refractivity (Wildman–Crippen MR) is 77.6 cm³/mol. The molecular weight excluding hydrogens is 269 g/mol. The van der Waals surface area contributed by atoms with Crippen molar-refractivity contribution in [2.24, 2.45) is 0 Å². The van der Waals surface area contributed by atoms with E-state index in [0.717, 1.165) is 36.1 Å². The first kappa shape index (κ1) is 13.7. The Bertz CT molecular complexity index is 530. The molecule has 0 spiro atoms. The fourth-order valence-electron chi connectivity index (χ4n) is 2.14. The fraction of sp³-hybridized carbons (Fsp3) is 0.429. The molecule has 0 bridgehead atoms. The van der Waals surface area contributed by atoms with Gasteiger partial charge >= 0.3 is 0 Å². The van der Waals surface area contributed by atoms with Gasteiger partial charge in [0.1, 0.15) is 11.3 Å². The lowest BCUT2D eigenvalue weighted by atomic mass is 10.1. The largest absolute Gasteiger partial charge is 0.459 e. The minimum Gasteiger partial charge on any atom is -0.459 e. The molecule has 2 rings (SSSR count). The van der Waals surface area contributed by atoms with Crippen LogP contribution in [0.15, 0.2) is 22.6 Å². The SMILES string of the molecule is CCCC(NCC)c1cc2c(Cl)cc(Cl)cc2o1. The molecule has 18 heavy (non-hydrogen) atoms. The summed E-state index contributed by atoms with van der Waals surface area (Å²) < 4.78 is 5.87. The standard InChI is InChI=1S/C14H17Cl2NO/c1-3-5-12(17-4-2)14-8-10-11(16)6-9(15)7-13(10)18-14/h6-8,12,17H,3-5H2,1-2H3. The van der Waals surface area contributed by atoms with Crippen LogP contribution in [0.4, 0.5) is 0 Å². The number of halogens is 2. The lowest BCUT2D eigenvalue weighted by Gasteiger charge is -2.13. The van der Waals surface area contributed by atoms with Gasteiger partial charge in [0.15, 0.2) is 0 Å². The van der Waals surface area contributed by atoms with Crippen molar-refractivity contribution in [3.63, 3.8) is 0 Å². The molecule has 0 aliphatic rings. The maximum Gasteiger partial charge on any atom is 0.137 e. The average Bonchev–Trinajstić information content (AvgIpc) is 2.72. The number of benzene rings is 1. The second kappa shape index (κ2) is 5.96. The molecule has 0 saturated carbocycles. The van der Waals surface area contributed by atoms with Crippen molar-refractivity contribution < 1.29 is 4.42 Å². The zero-order valence-corrected chi connectivity index (χ0v) is 12.1. The van der Waals surface area contributed by atoms with Gasteiger partial charge in [-0.05, 0) is 25.1 Å². The minimum absolute atomic E-state index is 0.238. The van der Waals surface area contributed by atoms with Gasteiger partial charge < -0.3 is 9.73 Å². The smallest absolute Gasteiger partial charge is 0.137 e.